The monoisotopic (exact) mass is 299 g/mol. The van der Waals surface area contributed by atoms with Gasteiger partial charge in [0, 0.05) is 0 Å². The Morgan fingerprint density at radius 1 is 1.50 bits per heavy atom. The number of hydrogen-bond acceptors (Lipinski definition) is 5. The Labute approximate surface area is 95.1 Å². The SMILES string of the molecule is NOCCCS(=O)(=O)c1ccc(Br)s1. The largest absolute Gasteiger partial charge is 0.305 e. The highest BCUT2D eigenvalue weighted by Gasteiger charge is 2.15. The maximum absolute atomic E-state index is 11.6. The molecular formula is C7H10BrNO3S2. The zero-order valence-corrected chi connectivity index (χ0v) is 10.5. The average molecular weight is 300 g/mol. The fourth-order valence-electron chi connectivity index (χ4n) is 0.898. The first-order valence-corrected chi connectivity index (χ1v) is 7.12. The van der Waals surface area contributed by atoms with Gasteiger partial charge in [-0.05, 0) is 34.5 Å². The van der Waals surface area contributed by atoms with Gasteiger partial charge in [0.1, 0.15) is 4.21 Å². The van der Waals surface area contributed by atoms with Crippen LogP contribution in [0.25, 0.3) is 0 Å². The summed E-state index contributed by atoms with van der Waals surface area (Å²) in [6.45, 7) is 0.256. The minimum Gasteiger partial charge on any atom is -0.305 e. The lowest BCUT2D eigenvalue weighted by Crippen LogP contribution is -2.09. The maximum atomic E-state index is 11.6. The van der Waals surface area contributed by atoms with Crippen molar-refractivity contribution in [3.05, 3.63) is 15.9 Å². The third-order valence-electron chi connectivity index (χ3n) is 1.53. The summed E-state index contributed by atoms with van der Waals surface area (Å²) in [4.78, 5) is 4.31. The molecule has 0 saturated carbocycles. The molecule has 1 rings (SSSR count). The maximum Gasteiger partial charge on any atom is 0.187 e. The highest BCUT2D eigenvalue weighted by Crippen LogP contribution is 2.26. The van der Waals surface area contributed by atoms with E-state index in [-0.39, 0.29) is 12.4 Å². The van der Waals surface area contributed by atoms with Crippen molar-refractivity contribution < 1.29 is 13.3 Å². The first kappa shape index (κ1) is 12.1. The number of halogens is 1. The number of rotatable bonds is 5. The van der Waals surface area contributed by atoms with Crippen LogP contribution >= 0.6 is 27.3 Å². The molecular weight excluding hydrogens is 290 g/mol. The molecule has 0 unspecified atom stereocenters. The van der Waals surface area contributed by atoms with Gasteiger partial charge < -0.3 is 4.84 Å². The van der Waals surface area contributed by atoms with Crippen LogP contribution in [-0.4, -0.2) is 20.8 Å². The first-order valence-electron chi connectivity index (χ1n) is 3.86. The number of thiophene rings is 1. The zero-order valence-electron chi connectivity index (χ0n) is 7.27. The standard InChI is InChI=1S/C7H10BrNO3S2/c8-6-2-3-7(13-6)14(10,11)5-1-4-12-9/h2-3H,1,4-5,9H2. The molecule has 2 N–H and O–H groups in total. The van der Waals surface area contributed by atoms with E-state index < -0.39 is 9.84 Å². The van der Waals surface area contributed by atoms with Crippen molar-refractivity contribution in [3.8, 4) is 0 Å². The summed E-state index contributed by atoms with van der Waals surface area (Å²) in [5.41, 5.74) is 0. The van der Waals surface area contributed by atoms with Gasteiger partial charge in [-0.1, -0.05) is 0 Å². The second-order valence-electron chi connectivity index (χ2n) is 2.60. The molecule has 0 amide bonds. The van der Waals surface area contributed by atoms with Gasteiger partial charge >= 0.3 is 0 Å². The van der Waals surface area contributed by atoms with Crippen LogP contribution in [0.1, 0.15) is 6.42 Å². The van der Waals surface area contributed by atoms with E-state index in [0.29, 0.717) is 10.6 Å². The van der Waals surface area contributed by atoms with E-state index in [1.807, 2.05) is 0 Å². The summed E-state index contributed by atoms with van der Waals surface area (Å²) in [5, 5.41) is 0. The van der Waals surface area contributed by atoms with Crippen LogP contribution in [-0.2, 0) is 14.7 Å². The van der Waals surface area contributed by atoms with Crippen LogP contribution in [0.4, 0.5) is 0 Å². The van der Waals surface area contributed by atoms with Crippen molar-refractivity contribution in [2.75, 3.05) is 12.4 Å². The molecule has 1 aromatic heterocycles. The van der Waals surface area contributed by atoms with Gasteiger partial charge in [0.2, 0.25) is 0 Å². The van der Waals surface area contributed by atoms with E-state index in [1.54, 1.807) is 12.1 Å². The minimum atomic E-state index is -3.16. The van der Waals surface area contributed by atoms with Crippen LogP contribution in [0.15, 0.2) is 20.1 Å². The predicted octanol–water partition coefficient (Wildman–Crippen LogP) is 1.56. The summed E-state index contributed by atoms with van der Waals surface area (Å²) in [6.07, 6.45) is 0.411. The Morgan fingerprint density at radius 2 is 2.21 bits per heavy atom. The van der Waals surface area contributed by atoms with Gasteiger partial charge in [0.25, 0.3) is 0 Å². The highest BCUT2D eigenvalue weighted by molar-refractivity contribution is 9.11. The molecule has 0 aliphatic carbocycles. The van der Waals surface area contributed by atoms with Crippen LogP contribution < -0.4 is 5.90 Å². The third-order valence-corrected chi connectivity index (χ3v) is 5.54. The molecule has 80 valence electrons. The Morgan fingerprint density at radius 3 is 2.71 bits per heavy atom. The van der Waals surface area contributed by atoms with Gasteiger partial charge in [0.15, 0.2) is 9.84 Å². The Kier molecular flexibility index (Phi) is 4.52. The molecule has 0 bridgehead atoms. The van der Waals surface area contributed by atoms with Crippen LogP contribution in [0.3, 0.4) is 0 Å². The van der Waals surface area contributed by atoms with Gasteiger partial charge in [-0.25, -0.2) is 14.3 Å². The number of hydrogen-bond donors (Lipinski definition) is 1. The normalized spacial score (nSPS) is 11.9. The molecule has 0 aromatic carbocycles. The number of nitrogens with two attached hydrogens (primary N) is 1. The van der Waals surface area contributed by atoms with Gasteiger partial charge in [-0.15, -0.1) is 11.3 Å². The fraction of sp³-hybridized carbons (Fsp3) is 0.429. The van der Waals surface area contributed by atoms with E-state index >= 15 is 0 Å². The van der Waals surface area contributed by atoms with Crippen molar-refractivity contribution in [1.29, 1.82) is 0 Å². The number of sulfone groups is 1. The topological polar surface area (TPSA) is 69.4 Å². The molecule has 0 radical (unpaired) electrons. The van der Waals surface area contributed by atoms with Crippen molar-refractivity contribution >= 4 is 37.1 Å². The first-order chi connectivity index (χ1) is 6.56. The Hall–Kier alpha value is 0.0500. The lowest BCUT2D eigenvalue weighted by molar-refractivity contribution is 0.139. The Bertz CT molecular complexity index is 387. The predicted molar refractivity (Wildman–Crippen MR) is 58.8 cm³/mol. The fourth-order valence-corrected chi connectivity index (χ4v) is 4.34. The molecule has 1 heterocycles. The van der Waals surface area contributed by atoms with Crippen molar-refractivity contribution in [2.24, 2.45) is 5.90 Å². The van der Waals surface area contributed by atoms with E-state index in [0.717, 1.165) is 3.79 Å². The van der Waals surface area contributed by atoms with Gasteiger partial charge in [-0.3, -0.25) is 0 Å². The lowest BCUT2D eigenvalue weighted by Gasteiger charge is -1.99. The Balaban J connectivity index is 2.66. The van der Waals surface area contributed by atoms with E-state index in [9.17, 15) is 8.42 Å². The van der Waals surface area contributed by atoms with Crippen LogP contribution in [0.2, 0.25) is 0 Å². The molecule has 0 fully saturated rings. The van der Waals surface area contributed by atoms with Gasteiger partial charge in [0.05, 0.1) is 16.1 Å². The summed E-state index contributed by atoms with van der Waals surface area (Å²) in [6, 6.07) is 3.31. The molecule has 14 heavy (non-hydrogen) atoms. The van der Waals surface area contributed by atoms with E-state index in [2.05, 4.69) is 20.8 Å². The molecule has 0 atom stereocenters. The highest BCUT2D eigenvalue weighted by atomic mass is 79.9. The average Bonchev–Trinajstić information content (AvgIpc) is 2.53. The zero-order chi connectivity index (χ0) is 10.6. The summed E-state index contributed by atoms with van der Waals surface area (Å²) in [5.74, 6) is 4.87. The molecule has 0 spiro atoms. The smallest absolute Gasteiger partial charge is 0.187 e. The minimum absolute atomic E-state index is 0.0666. The molecule has 1 aromatic rings. The van der Waals surface area contributed by atoms with Crippen LogP contribution in [0, 0.1) is 0 Å². The summed E-state index contributed by atoms with van der Waals surface area (Å²) in [7, 11) is -3.16. The quantitative estimate of drug-likeness (QED) is 0.662. The molecule has 7 heteroatoms. The third kappa shape index (κ3) is 3.32. The molecule has 4 nitrogen and oxygen atoms in total. The lowest BCUT2D eigenvalue weighted by atomic mass is 10.5. The molecule has 0 aliphatic heterocycles. The van der Waals surface area contributed by atoms with Crippen molar-refractivity contribution in [3.63, 3.8) is 0 Å². The van der Waals surface area contributed by atoms with Crippen molar-refractivity contribution in [1.82, 2.24) is 0 Å². The van der Waals surface area contributed by atoms with E-state index in [4.69, 9.17) is 5.90 Å². The van der Waals surface area contributed by atoms with Crippen molar-refractivity contribution in [2.45, 2.75) is 10.6 Å². The van der Waals surface area contributed by atoms with E-state index in [1.165, 1.54) is 11.3 Å². The summed E-state index contributed by atoms with van der Waals surface area (Å²) < 4.78 is 24.4. The molecule has 0 aliphatic rings. The van der Waals surface area contributed by atoms with Crippen LogP contribution in [0.5, 0.6) is 0 Å². The second-order valence-corrected chi connectivity index (χ2v) is 7.40. The molecule has 0 saturated heterocycles. The van der Waals surface area contributed by atoms with Gasteiger partial charge in [-0.2, -0.15) is 0 Å². The second kappa shape index (κ2) is 5.22. The summed E-state index contributed by atoms with van der Waals surface area (Å²) >= 11 is 4.43.